The summed E-state index contributed by atoms with van der Waals surface area (Å²) in [6.07, 6.45) is 1.33. The number of ether oxygens (including phenoxy) is 1. The first-order valence-corrected chi connectivity index (χ1v) is 7.14. The maximum Gasteiger partial charge on any atom is 0.119 e. The minimum absolute atomic E-state index is 0.166. The number of halogens is 1. The summed E-state index contributed by atoms with van der Waals surface area (Å²) in [4.78, 5) is 0.521. The van der Waals surface area contributed by atoms with E-state index in [9.17, 15) is 0 Å². The predicted molar refractivity (Wildman–Crippen MR) is 78.2 cm³/mol. The third-order valence-corrected chi connectivity index (χ3v) is 3.10. The Kier molecular flexibility index (Phi) is 5.05. The summed E-state index contributed by atoms with van der Waals surface area (Å²) in [5.41, 5.74) is 1.50. The molecule has 1 aromatic carbocycles. The summed E-state index contributed by atoms with van der Waals surface area (Å²) in [6, 6.07) is 8.45. The van der Waals surface area contributed by atoms with Gasteiger partial charge in [-0.2, -0.15) is 0 Å². The van der Waals surface area contributed by atoms with Crippen LogP contribution < -0.4 is 4.74 Å². The Morgan fingerprint density at radius 2 is 1.88 bits per heavy atom. The topological polar surface area (TPSA) is 9.23 Å². The lowest BCUT2D eigenvalue weighted by molar-refractivity contribution is 0.241. The van der Waals surface area contributed by atoms with Gasteiger partial charge in [0.25, 0.3) is 0 Å². The molecule has 1 unspecified atom stereocenters. The molecule has 0 aliphatic heterocycles. The molecule has 0 N–H and O–H groups in total. The maximum absolute atomic E-state index is 5.74. The highest BCUT2D eigenvalue weighted by Crippen LogP contribution is 2.32. The lowest BCUT2D eigenvalue weighted by atomic mass is 9.81. The number of hydrogen-bond acceptors (Lipinski definition) is 1. The number of hydrogen-bond donors (Lipinski definition) is 0. The Hall–Kier alpha value is -0.500. The quantitative estimate of drug-likeness (QED) is 0.701. The van der Waals surface area contributed by atoms with Crippen molar-refractivity contribution in [2.45, 2.75) is 57.4 Å². The Labute approximate surface area is 114 Å². The molecule has 0 aliphatic rings. The third-order valence-electron chi connectivity index (χ3n) is 2.78. The zero-order valence-electron chi connectivity index (χ0n) is 11.5. The smallest absolute Gasteiger partial charge is 0.119 e. The molecule has 0 heterocycles. The van der Waals surface area contributed by atoms with Crippen LogP contribution in [0.2, 0.25) is 0 Å². The molecule has 0 saturated carbocycles. The fourth-order valence-electron chi connectivity index (χ4n) is 2.08. The first-order valence-electron chi connectivity index (χ1n) is 6.22. The summed E-state index contributed by atoms with van der Waals surface area (Å²) in [6.45, 7) is 10.9. The van der Waals surface area contributed by atoms with Crippen molar-refractivity contribution in [3.63, 3.8) is 0 Å². The molecule has 0 bridgehead atoms. The monoisotopic (exact) mass is 298 g/mol. The van der Waals surface area contributed by atoms with Gasteiger partial charge in [0.1, 0.15) is 5.75 Å². The SMILES string of the molecule is CC(Br)CC(C)(C)c1cccc(OC(C)C)c1. The average molecular weight is 299 g/mol. The standard InChI is InChI=1S/C15H23BrO/c1-11(2)17-14-8-6-7-13(9-14)15(4,5)10-12(3)16/h6-9,11-12H,10H2,1-5H3. The molecule has 0 saturated heterocycles. The van der Waals surface area contributed by atoms with Gasteiger partial charge < -0.3 is 4.74 Å². The van der Waals surface area contributed by atoms with Crippen LogP contribution >= 0.6 is 15.9 Å². The summed E-state index contributed by atoms with van der Waals surface area (Å²) in [5.74, 6) is 0.966. The maximum atomic E-state index is 5.74. The van der Waals surface area contributed by atoms with Crippen LogP contribution in [0.25, 0.3) is 0 Å². The van der Waals surface area contributed by atoms with E-state index < -0.39 is 0 Å². The van der Waals surface area contributed by atoms with Crippen molar-refractivity contribution in [2.75, 3.05) is 0 Å². The number of benzene rings is 1. The Bertz CT molecular complexity index is 356. The van der Waals surface area contributed by atoms with Gasteiger partial charge in [0.05, 0.1) is 6.10 Å². The molecular weight excluding hydrogens is 276 g/mol. The molecule has 0 radical (unpaired) electrons. The van der Waals surface area contributed by atoms with Gasteiger partial charge in [-0.15, -0.1) is 0 Å². The van der Waals surface area contributed by atoms with Crippen molar-refractivity contribution < 1.29 is 4.74 Å². The zero-order valence-corrected chi connectivity index (χ0v) is 13.0. The molecule has 0 aromatic heterocycles. The second-order valence-electron chi connectivity index (χ2n) is 5.56. The molecule has 1 atom stereocenters. The van der Waals surface area contributed by atoms with Gasteiger partial charge in [-0.05, 0) is 43.4 Å². The second kappa shape index (κ2) is 5.90. The van der Waals surface area contributed by atoms with Gasteiger partial charge in [-0.1, -0.05) is 48.8 Å². The highest BCUT2D eigenvalue weighted by atomic mass is 79.9. The van der Waals surface area contributed by atoms with Crippen LogP contribution in [-0.2, 0) is 5.41 Å². The molecule has 1 nitrogen and oxygen atoms in total. The van der Waals surface area contributed by atoms with E-state index in [1.54, 1.807) is 0 Å². The largest absolute Gasteiger partial charge is 0.491 e. The molecule has 17 heavy (non-hydrogen) atoms. The van der Waals surface area contributed by atoms with E-state index >= 15 is 0 Å². The molecular formula is C15H23BrO. The summed E-state index contributed by atoms with van der Waals surface area (Å²) in [5, 5.41) is 0. The van der Waals surface area contributed by atoms with Gasteiger partial charge >= 0.3 is 0 Å². The predicted octanol–water partition coefficient (Wildman–Crippen LogP) is 4.92. The molecule has 1 aromatic rings. The Morgan fingerprint density at radius 1 is 1.24 bits per heavy atom. The van der Waals surface area contributed by atoms with E-state index in [2.05, 4.69) is 68.7 Å². The molecule has 1 rings (SSSR count). The van der Waals surface area contributed by atoms with Crippen LogP contribution in [0, 0.1) is 0 Å². The summed E-state index contributed by atoms with van der Waals surface area (Å²) < 4.78 is 5.74. The van der Waals surface area contributed by atoms with E-state index in [0.717, 1.165) is 12.2 Å². The first-order chi connectivity index (χ1) is 7.81. The zero-order chi connectivity index (χ0) is 13.1. The lowest BCUT2D eigenvalue weighted by Gasteiger charge is -2.27. The summed E-state index contributed by atoms with van der Waals surface area (Å²) >= 11 is 3.64. The number of rotatable bonds is 5. The van der Waals surface area contributed by atoms with Crippen molar-refractivity contribution in [3.05, 3.63) is 29.8 Å². The van der Waals surface area contributed by atoms with E-state index in [1.165, 1.54) is 5.56 Å². The van der Waals surface area contributed by atoms with Crippen molar-refractivity contribution in [2.24, 2.45) is 0 Å². The molecule has 0 amide bonds. The van der Waals surface area contributed by atoms with E-state index in [-0.39, 0.29) is 11.5 Å². The van der Waals surface area contributed by atoms with Crippen LogP contribution in [0.3, 0.4) is 0 Å². The molecule has 0 fully saturated rings. The van der Waals surface area contributed by atoms with Gasteiger partial charge in [0.2, 0.25) is 0 Å². The highest BCUT2D eigenvalue weighted by molar-refractivity contribution is 9.09. The van der Waals surface area contributed by atoms with Crippen LogP contribution in [0.4, 0.5) is 0 Å². The van der Waals surface area contributed by atoms with Gasteiger partial charge in [-0.25, -0.2) is 0 Å². The van der Waals surface area contributed by atoms with Crippen molar-refractivity contribution in [3.8, 4) is 5.75 Å². The lowest BCUT2D eigenvalue weighted by Crippen LogP contribution is -2.20. The van der Waals surface area contributed by atoms with E-state index in [1.807, 2.05) is 6.07 Å². The first kappa shape index (κ1) is 14.6. The fraction of sp³-hybridized carbons (Fsp3) is 0.600. The van der Waals surface area contributed by atoms with Crippen LogP contribution in [0.5, 0.6) is 5.75 Å². The molecule has 2 heteroatoms. The van der Waals surface area contributed by atoms with E-state index in [4.69, 9.17) is 4.74 Å². The fourth-order valence-corrected chi connectivity index (χ4v) is 2.89. The number of alkyl halides is 1. The highest BCUT2D eigenvalue weighted by Gasteiger charge is 2.22. The molecule has 0 spiro atoms. The van der Waals surface area contributed by atoms with Crippen molar-refractivity contribution in [1.29, 1.82) is 0 Å². The second-order valence-corrected chi connectivity index (χ2v) is 7.13. The average Bonchev–Trinajstić information content (AvgIpc) is 2.15. The minimum Gasteiger partial charge on any atom is -0.491 e. The summed E-state index contributed by atoms with van der Waals surface area (Å²) in [7, 11) is 0. The van der Waals surface area contributed by atoms with Gasteiger partial charge in [0.15, 0.2) is 0 Å². The third kappa shape index (κ3) is 4.71. The van der Waals surface area contributed by atoms with Crippen LogP contribution in [0.15, 0.2) is 24.3 Å². The Morgan fingerprint density at radius 3 is 2.41 bits per heavy atom. The molecule has 96 valence electrons. The van der Waals surface area contributed by atoms with Crippen LogP contribution in [-0.4, -0.2) is 10.9 Å². The van der Waals surface area contributed by atoms with Crippen molar-refractivity contribution >= 4 is 15.9 Å². The normalized spacial score (nSPS) is 13.8. The molecule has 0 aliphatic carbocycles. The Balaban J connectivity index is 2.90. The van der Waals surface area contributed by atoms with Gasteiger partial charge in [-0.3, -0.25) is 0 Å². The minimum atomic E-state index is 0.166. The van der Waals surface area contributed by atoms with Gasteiger partial charge in [0, 0.05) is 4.83 Å². The van der Waals surface area contributed by atoms with Crippen LogP contribution in [0.1, 0.15) is 46.6 Å². The van der Waals surface area contributed by atoms with E-state index in [0.29, 0.717) is 4.83 Å². The van der Waals surface area contributed by atoms with Crippen molar-refractivity contribution in [1.82, 2.24) is 0 Å².